The number of nitrogens with zero attached hydrogens (tertiary/aromatic N) is 3. The van der Waals surface area contributed by atoms with Crippen molar-refractivity contribution in [2.24, 2.45) is 0 Å². The van der Waals surface area contributed by atoms with Gasteiger partial charge < -0.3 is 9.67 Å². The Morgan fingerprint density at radius 2 is 2.00 bits per heavy atom. The van der Waals surface area contributed by atoms with Gasteiger partial charge in [0.25, 0.3) is 10.0 Å². The Morgan fingerprint density at radius 1 is 1.30 bits per heavy atom. The summed E-state index contributed by atoms with van der Waals surface area (Å²) in [7, 11) is -3.87. The second-order valence-electron chi connectivity index (χ2n) is 4.34. The predicted octanol–water partition coefficient (Wildman–Crippen LogP) is 1.42. The number of anilines is 1. The maximum atomic E-state index is 12.2. The summed E-state index contributed by atoms with van der Waals surface area (Å²) in [6.45, 7) is 5.95. The summed E-state index contributed by atoms with van der Waals surface area (Å²) in [6.07, 6.45) is 1.45. The summed E-state index contributed by atoms with van der Waals surface area (Å²) in [5.41, 5.74) is 0.593. The third kappa shape index (κ3) is 2.74. The van der Waals surface area contributed by atoms with Crippen LogP contribution in [-0.4, -0.2) is 28.1 Å². The minimum atomic E-state index is -3.87. The van der Waals surface area contributed by atoms with E-state index in [1.807, 2.05) is 6.92 Å². The minimum absolute atomic E-state index is 0.0976. The minimum Gasteiger partial charge on any atom is -0.504 e. The first kappa shape index (κ1) is 14.3. The second kappa shape index (κ2) is 5.12. The van der Waals surface area contributed by atoms with Crippen molar-refractivity contribution in [1.82, 2.24) is 14.5 Å². The first-order valence-electron chi connectivity index (χ1n) is 6.06. The Kier molecular flexibility index (Phi) is 3.67. The molecule has 0 fully saturated rings. The Morgan fingerprint density at radius 3 is 2.60 bits per heavy atom. The van der Waals surface area contributed by atoms with Crippen LogP contribution < -0.4 is 4.72 Å². The molecule has 2 aromatic heterocycles. The van der Waals surface area contributed by atoms with Crippen LogP contribution in [0.4, 0.5) is 5.82 Å². The number of imidazole rings is 1. The number of aryl methyl sites for hydroxylation is 3. The van der Waals surface area contributed by atoms with Gasteiger partial charge in [-0.25, -0.2) is 9.97 Å². The van der Waals surface area contributed by atoms with Crippen LogP contribution in [-0.2, 0) is 16.6 Å². The topological polar surface area (TPSA) is 97.1 Å². The average Bonchev–Trinajstić information content (AvgIpc) is 2.76. The molecule has 0 radical (unpaired) electrons. The lowest BCUT2D eigenvalue weighted by Crippen LogP contribution is -2.14. The largest absolute Gasteiger partial charge is 0.504 e. The van der Waals surface area contributed by atoms with Gasteiger partial charge in [0.15, 0.2) is 16.6 Å². The Bertz CT molecular complexity index is 737. The molecule has 0 spiro atoms. The van der Waals surface area contributed by atoms with Crippen LogP contribution >= 0.6 is 0 Å². The zero-order chi connectivity index (χ0) is 14.9. The summed E-state index contributed by atoms with van der Waals surface area (Å²) in [5, 5.41) is 9.54. The molecular weight excluding hydrogens is 280 g/mol. The van der Waals surface area contributed by atoms with Crippen LogP contribution in [0.1, 0.15) is 18.4 Å². The highest BCUT2D eigenvalue weighted by Gasteiger charge is 2.21. The third-order valence-corrected chi connectivity index (χ3v) is 4.02. The van der Waals surface area contributed by atoms with E-state index in [0.29, 0.717) is 18.1 Å². The van der Waals surface area contributed by atoms with E-state index < -0.39 is 10.0 Å². The van der Waals surface area contributed by atoms with Gasteiger partial charge in [-0.3, -0.25) is 4.72 Å². The van der Waals surface area contributed by atoms with E-state index >= 15 is 0 Å². The van der Waals surface area contributed by atoms with Gasteiger partial charge in [-0.15, -0.1) is 0 Å². The molecule has 0 aromatic carbocycles. The molecule has 0 bridgehead atoms. The lowest BCUT2D eigenvalue weighted by Gasteiger charge is -2.07. The van der Waals surface area contributed by atoms with Crippen molar-refractivity contribution in [3.05, 3.63) is 29.8 Å². The zero-order valence-corrected chi connectivity index (χ0v) is 12.3. The van der Waals surface area contributed by atoms with Crippen molar-refractivity contribution in [3.63, 3.8) is 0 Å². The number of hydrogen-bond acceptors (Lipinski definition) is 5. The summed E-state index contributed by atoms with van der Waals surface area (Å²) < 4.78 is 28.4. The van der Waals surface area contributed by atoms with Crippen molar-refractivity contribution in [2.75, 3.05) is 4.72 Å². The van der Waals surface area contributed by atoms with E-state index in [1.54, 1.807) is 24.5 Å². The van der Waals surface area contributed by atoms with Crippen LogP contribution in [0.5, 0.6) is 5.75 Å². The summed E-state index contributed by atoms with van der Waals surface area (Å²) >= 11 is 0. The molecule has 20 heavy (non-hydrogen) atoms. The second-order valence-corrected chi connectivity index (χ2v) is 5.97. The van der Waals surface area contributed by atoms with Gasteiger partial charge in [0, 0.05) is 18.4 Å². The van der Waals surface area contributed by atoms with E-state index in [1.165, 1.54) is 12.3 Å². The van der Waals surface area contributed by atoms with Crippen LogP contribution in [0, 0.1) is 13.8 Å². The van der Waals surface area contributed by atoms with E-state index in [-0.39, 0.29) is 16.6 Å². The molecule has 0 amide bonds. The first-order chi connectivity index (χ1) is 9.33. The fourth-order valence-corrected chi connectivity index (χ4v) is 2.76. The fourth-order valence-electron chi connectivity index (χ4n) is 1.73. The van der Waals surface area contributed by atoms with E-state index in [4.69, 9.17) is 0 Å². The van der Waals surface area contributed by atoms with Crippen molar-refractivity contribution >= 4 is 15.8 Å². The predicted molar refractivity (Wildman–Crippen MR) is 74.1 cm³/mol. The molecule has 7 nitrogen and oxygen atoms in total. The highest BCUT2D eigenvalue weighted by atomic mass is 32.2. The summed E-state index contributed by atoms with van der Waals surface area (Å²) in [6, 6.07) is 2.97. The molecule has 0 aliphatic rings. The van der Waals surface area contributed by atoms with E-state index in [9.17, 15) is 13.5 Å². The summed E-state index contributed by atoms with van der Waals surface area (Å²) in [5.74, 6) is 0.272. The quantitative estimate of drug-likeness (QED) is 0.889. The van der Waals surface area contributed by atoms with Crippen LogP contribution in [0.3, 0.4) is 0 Å². The molecule has 0 unspecified atom stereocenters. The van der Waals surface area contributed by atoms with Crippen LogP contribution in [0.25, 0.3) is 0 Å². The standard InChI is InChI=1S/C12H16N4O3S/c1-4-16-7-11(14-9(16)3)20(18,19)15-12-10(17)6-5-8(2)13-12/h5-7,17H,4H2,1-3H3,(H,13,15). The van der Waals surface area contributed by atoms with Crippen molar-refractivity contribution in [1.29, 1.82) is 0 Å². The Balaban J connectivity index is 2.37. The van der Waals surface area contributed by atoms with Gasteiger partial charge in [0.2, 0.25) is 0 Å². The SMILES string of the molecule is CCn1cc(S(=O)(=O)Nc2nc(C)ccc2O)nc1C. The lowest BCUT2D eigenvalue weighted by molar-refractivity contribution is 0.475. The number of aromatic hydroxyl groups is 1. The Hall–Kier alpha value is -2.09. The molecule has 0 saturated heterocycles. The highest BCUT2D eigenvalue weighted by molar-refractivity contribution is 7.92. The number of nitrogens with one attached hydrogen (secondary N) is 1. The average molecular weight is 296 g/mol. The fraction of sp³-hybridized carbons (Fsp3) is 0.333. The molecule has 2 rings (SSSR count). The van der Waals surface area contributed by atoms with E-state index in [0.717, 1.165) is 0 Å². The molecule has 2 heterocycles. The molecule has 2 N–H and O–H groups in total. The molecular formula is C12H16N4O3S. The maximum absolute atomic E-state index is 12.2. The lowest BCUT2D eigenvalue weighted by atomic mass is 10.3. The van der Waals surface area contributed by atoms with Gasteiger partial charge >= 0.3 is 0 Å². The van der Waals surface area contributed by atoms with E-state index in [2.05, 4.69) is 14.7 Å². The molecule has 0 aliphatic carbocycles. The van der Waals surface area contributed by atoms with Crippen molar-refractivity contribution in [2.45, 2.75) is 32.3 Å². The monoisotopic (exact) mass is 296 g/mol. The molecule has 8 heteroatoms. The summed E-state index contributed by atoms with van der Waals surface area (Å²) in [4.78, 5) is 7.96. The Labute approximate surface area is 117 Å². The smallest absolute Gasteiger partial charge is 0.282 e. The number of aromatic nitrogens is 3. The maximum Gasteiger partial charge on any atom is 0.282 e. The first-order valence-corrected chi connectivity index (χ1v) is 7.55. The number of rotatable bonds is 4. The normalized spacial score (nSPS) is 11.6. The number of pyridine rings is 1. The highest BCUT2D eigenvalue weighted by Crippen LogP contribution is 2.23. The molecule has 2 aromatic rings. The van der Waals surface area contributed by atoms with Gasteiger partial charge in [-0.05, 0) is 32.9 Å². The van der Waals surface area contributed by atoms with Gasteiger partial charge in [-0.1, -0.05) is 0 Å². The molecule has 0 atom stereocenters. The van der Waals surface area contributed by atoms with Crippen molar-refractivity contribution in [3.8, 4) is 5.75 Å². The van der Waals surface area contributed by atoms with Crippen molar-refractivity contribution < 1.29 is 13.5 Å². The molecule has 108 valence electrons. The number of sulfonamides is 1. The van der Waals surface area contributed by atoms with Crippen LogP contribution in [0.2, 0.25) is 0 Å². The third-order valence-electron chi connectivity index (χ3n) is 2.81. The number of hydrogen-bond donors (Lipinski definition) is 2. The van der Waals surface area contributed by atoms with Gasteiger partial charge in [-0.2, -0.15) is 8.42 Å². The zero-order valence-electron chi connectivity index (χ0n) is 11.5. The molecule has 0 saturated carbocycles. The van der Waals surface area contributed by atoms with Crippen LogP contribution in [0.15, 0.2) is 23.4 Å². The van der Waals surface area contributed by atoms with Gasteiger partial charge in [0.1, 0.15) is 5.82 Å². The molecule has 0 aliphatic heterocycles. The van der Waals surface area contributed by atoms with Gasteiger partial charge in [0.05, 0.1) is 0 Å².